The largest absolute Gasteiger partial charge is 0.489 e. The van der Waals surface area contributed by atoms with Crippen LogP contribution in [0.2, 0.25) is 0 Å². The van der Waals surface area contributed by atoms with Crippen LogP contribution in [0.3, 0.4) is 0 Å². The second-order valence-electron chi connectivity index (χ2n) is 5.88. The molecule has 0 bridgehead atoms. The second-order valence-corrected chi connectivity index (χ2v) is 5.88. The lowest BCUT2D eigenvalue weighted by Gasteiger charge is -2.20. The van der Waals surface area contributed by atoms with Crippen molar-refractivity contribution in [1.82, 2.24) is 0 Å². The van der Waals surface area contributed by atoms with Crippen LogP contribution in [0.4, 0.5) is 5.69 Å². The van der Waals surface area contributed by atoms with Crippen LogP contribution in [0, 0.1) is 6.92 Å². The number of ether oxygens (including phenoxy) is 3. The molecule has 4 heteroatoms. The van der Waals surface area contributed by atoms with Crippen molar-refractivity contribution in [1.29, 1.82) is 0 Å². The minimum absolute atomic E-state index is 0.0965. The van der Waals surface area contributed by atoms with Gasteiger partial charge >= 0.3 is 0 Å². The van der Waals surface area contributed by atoms with E-state index in [1.165, 1.54) is 5.56 Å². The highest BCUT2D eigenvalue weighted by Crippen LogP contribution is 2.24. The van der Waals surface area contributed by atoms with Crippen molar-refractivity contribution < 1.29 is 14.2 Å². The molecule has 2 aromatic rings. The Kier molecular flexibility index (Phi) is 8.13. The fourth-order valence-electron chi connectivity index (χ4n) is 2.40. The van der Waals surface area contributed by atoms with Crippen LogP contribution in [-0.2, 0) is 4.74 Å². The SMILES string of the molecule is CCOCCOc1ccccc1NCC(CC)Oc1ccc(C)cc1. The molecule has 4 nitrogen and oxygen atoms in total. The Labute approximate surface area is 151 Å². The van der Waals surface area contributed by atoms with Crippen molar-refractivity contribution in [3.8, 4) is 11.5 Å². The summed E-state index contributed by atoms with van der Waals surface area (Å²) in [5.74, 6) is 1.74. The lowest BCUT2D eigenvalue weighted by Crippen LogP contribution is -2.25. The van der Waals surface area contributed by atoms with Crippen LogP contribution in [0.15, 0.2) is 48.5 Å². The number of nitrogens with one attached hydrogen (secondary N) is 1. The molecule has 0 aliphatic heterocycles. The monoisotopic (exact) mass is 343 g/mol. The van der Waals surface area contributed by atoms with Gasteiger partial charge in [0, 0.05) is 6.61 Å². The zero-order chi connectivity index (χ0) is 17.9. The van der Waals surface area contributed by atoms with Crippen molar-refractivity contribution in [3.63, 3.8) is 0 Å². The summed E-state index contributed by atoms with van der Waals surface area (Å²) in [5, 5.41) is 3.45. The van der Waals surface area contributed by atoms with Gasteiger partial charge in [-0.05, 0) is 44.5 Å². The van der Waals surface area contributed by atoms with Gasteiger partial charge < -0.3 is 19.5 Å². The van der Waals surface area contributed by atoms with E-state index in [2.05, 4.69) is 31.3 Å². The van der Waals surface area contributed by atoms with E-state index in [0.717, 1.165) is 30.2 Å². The molecule has 0 amide bonds. The molecule has 0 aliphatic rings. The average Bonchev–Trinajstić information content (AvgIpc) is 2.64. The van der Waals surface area contributed by atoms with Crippen LogP contribution < -0.4 is 14.8 Å². The van der Waals surface area contributed by atoms with Gasteiger partial charge in [-0.1, -0.05) is 36.8 Å². The minimum Gasteiger partial charge on any atom is -0.489 e. The minimum atomic E-state index is 0.0965. The summed E-state index contributed by atoms with van der Waals surface area (Å²) >= 11 is 0. The first kappa shape index (κ1) is 19.1. The molecule has 1 atom stereocenters. The summed E-state index contributed by atoms with van der Waals surface area (Å²) in [5.41, 5.74) is 2.21. The van der Waals surface area contributed by atoms with Gasteiger partial charge in [-0.3, -0.25) is 0 Å². The Morgan fingerprint density at radius 2 is 1.72 bits per heavy atom. The van der Waals surface area contributed by atoms with Gasteiger partial charge in [-0.15, -0.1) is 0 Å². The van der Waals surface area contributed by atoms with Crippen molar-refractivity contribution in [3.05, 3.63) is 54.1 Å². The highest BCUT2D eigenvalue weighted by atomic mass is 16.5. The molecule has 2 rings (SSSR count). The van der Waals surface area contributed by atoms with E-state index in [9.17, 15) is 0 Å². The first-order chi connectivity index (χ1) is 12.2. The summed E-state index contributed by atoms with van der Waals surface area (Å²) < 4.78 is 17.2. The van der Waals surface area contributed by atoms with Gasteiger partial charge in [0.1, 0.15) is 24.2 Å². The lowest BCUT2D eigenvalue weighted by molar-refractivity contribution is 0.110. The normalized spacial score (nSPS) is 11.8. The zero-order valence-corrected chi connectivity index (χ0v) is 15.5. The van der Waals surface area contributed by atoms with Crippen molar-refractivity contribution in [2.75, 3.05) is 31.7 Å². The highest BCUT2D eigenvalue weighted by molar-refractivity contribution is 5.56. The predicted octanol–water partition coefficient (Wildman–Crippen LogP) is 4.68. The maximum atomic E-state index is 6.07. The molecule has 0 radical (unpaired) electrons. The molecule has 2 aromatic carbocycles. The van der Waals surface area contributed by atoms with Gasteiger partial charge in [0.05, 0.1) is 18.8 Å². The molecule has 0 spiro atoms. The summed E-state index contributed by atoms with van der Waals surface area (Å²) in [7, 11) is 0. The quantitative estimate of drug-likeness (QED) is 0.601. The van der Waals surface area contributed by atoms with E-state index in [1.807, 2.05) is 43.3 Å². The summed E-state index contributed by atoms with van der Waals surface area (Å²) in [6.45, 7) is 8.75. The van der Waals surface area contributed by atoms with Gasteiger partial charge in [0.2, 0.25) is 0 Å². The lowest BCUT2D eigenvalue weighted by atomic mass is 10.2. The Morgan fingerprint density at radius 3 is 2.44 bits per heavy atom. The predicted molar refractivity (Wildman–Crippen MR) is 103 cm³/mol. The Balaban J connectivity index is 1.88. The molecule has 25 heavy (non-hydrogen) atoms. The average molecular weight is 343 g/mol. The van der Waals surface area contributed by atoms with Gasteiger partial charge in [0.15, 0.2) is 0 Å². The molecule has 0 aromatic heterocycles. The van der Waals surface area contributed by atoms with E-state index in [1.54, 1.807) is 0 Å². The van der Waals surface area contributed by atoms with Crippen LogP contribution in [0.1, 0.15) is 25.8 Å². The molecular weight excluding hydrogens is 314 g/mol. The van der Waals surface area contributed by atoms with E-state index in [-0.39, 0.29) is 6.10 Å². The number of rotatable bonds is 11. The number of anilines is 1. The summed E-state index contributed by atoms with van der Waals surface area (Å²) in [4.78, 5) is 0. The molecule has 0 aliphatic carbocycles. The summed E-state index contributed by atoms with van der Waals surface area (Å²) in [6.07, 6.45) is 1.02. The molecule has 0 saturated carbocycles. The first-order valence-corrected chi connectivity index (χ1v) is 8.99. The molecule has 0 heterocycles. The van der Waals surface area contributed by atoms with Crippen molar-refractivity contribution in [2.24, 2.45) is 0 Å². The fourth-order valence-corrected chi connectivity index (χ4v) is 2.40. The second kappa shape index (κ2) is 10.6. The Bertz CT molecular complexity index is 613. The Morgan fingerprint density at radius 1 is 0.960 bits per heavy atom. The van der Waals surface area contributed by atoms with Crippen LogP contribution in [-0.4, -0.2) is 32.5 Å². The smallest absolute Gasteiger partial charge is 0.142 e. The fraction of sp³-hybridized carbons (Fsp3) is 0.429. The van der Waals surface area contributed by atoms with Gasteiger partial charge in [0.25, 0.3) is 0 Å². The maximum absolute atomic E-state index is 6.07. The molecule has 0 fully saturated rings. The number of hydrogen-bond acceptors (Lipinski definition) is 4. The number of aryl methyl sites for hydroxylation is 1. The molecule has 1 N–H and O–H groups in total. The molecule has 136 valence electrons. The first-order valence-electron chi connectivity index (χ1n) is 8.99. The zero-order valence-electron chi connectivity index (χ0n) is 15.5. The molecule has 1 unspecified atom stereocenters. The molecule has 0 saturated heterocycles. The van der Waals surface area contributed by atoms with E-state index in [0.29, 0.717) is 19.8 Å². The third-order valence-electron chi connectivity index (χ3n) is 3.88. The van der Waals surface area contributed by atoms with E-state index < -0.39 is 0 Å². The Hall–Kier alpha value is -2.20. The van der Waals surface area contributed by atoms with E-state index >= 15 is 0 Å². The van der Waals surface area contributed by atoms with Crippen LogP contribution in [0.5, 0.6) is 11.5 Å². The number of hydrogen-bond donors (Lipinski definition) is 1. The van der Waals surface area contributed by atoms with Crippen molar-refractivity contribution >= 4 is 5.69 Å². The molecular formula is C21H29NO3. The van der Waals surface area contributed by atoms with Crippen LogP contribution >= 0.6 is 0 Å². The highest BCUT2D eigenvalue weighted by Gasteiger charge is 2.10. The third kappa shape index (κ3) is 6.67. The topological polar surface area (TPSA) is 39.7 Å². The third-order valence-corrected chi connectivity index (χ3v) is 3.88. The number of para-hydroxylation sites is 2. The standard InChI is InChI=1S/C21H29NO3/c1-4-18(25-19-12-10-17(3)11-13-19)16-22-20-8-6-7-9-21(20)24-15-14-23-5-2/h6-13,18,22H,4-5,14-16H2,1-3H3. The maximum Gasteiger partial charge on any atom is 0.142 e. The number of benzene rings is 2. The van der Waals surface area contributed by atoms with Gasteiger partial charge in [-0.25, -0.2) is 0 Å². The summed E-state index contributed by atoms with van der Waals surface area (Å²) in [6, 6.07) is 16.1. The van der Waals surface area contributed by atoms with Crippen LogP contribution in [0.25, 0.3) is 0 Å². The van der Waals surface area contributed by atoms with Gasteiger partial charge in [-0.2, -0.15) is 0 Å². The van der Waals surface area contributed by atoms with Crippen molar-refractivity contribution in [2.45, 2.75) is 33.3 Å². The van der Waals surface area contributed by atoms with E-state index in [4.69, 9.17) is 14.2 Å².